The molecule has 0 fully saturated rings. The van der Waals surface area contributed by atoms with Crippen molar-refractivity contribution in [3.05, 3.63) is 52.2 Å². The first kappa shape index (κ1) is 15.1. The Hall–Kier alpha value is -2.34. The Bertz CT molecular complexity index is 608. The molecule has 0 bridgehead atoms. The van der Waals surface area contributed by atoms with Crippen LogP contribution in [0.1, 0.15) is 22.2 Å². The van der Waals surface area contributed by atoms with Crippen molar-refractivity contribution in [1.82, 2.24) is 10.9 Å². The SMILES string of the molecule is Cc1ccc(O[C@@H](C)C(=O)NNC(=O)c2cccs2)cc1. The van der Waals surface area contributed by atoms with Crippen LogP contribution in [0.25, 0.3) is 0 Å². The fraction of sp³-hybridized carbons (Fsp3) is 0.200. The fourth-order valence-corrected chi connectivity index (χ4v) is 2.18. The number of ether oxygens (including phenoxy) is 1. The highest BCUT2D eigenvalue weighted by Gasteiger charge is 2.16. The Morgan fingerprint density at radius 3 is 2.48 bits per heavy atom. The summed E-state index contributed by atoms with van der Waals surface area (Å²) in [5.74, 6) is -0.158. The minimum atomic E-state index is -0.712. The summed E-state index contributed by atoms with van der Waals surface area (Å²) in [7, 11) is 0. The van der Waals surface area contributed by atoms with E-state index < -0.39 is 12.0 Å². The molecule has 0 saturated carbocycles. The van der Waals surface area contributed by atoms with E-state index in [0.29, 0.717) is 10.6 Å². The van der Waals surface area contributed by atoms with E-state index >= 15 is 0 Å². The standard InChI is InChI=1S/C15H16N2O3S/c1-10-5-7-12(8-6-10)20-11(2)14(18)16-17-15(19)13-4-3-9-21-13/h3-9,11H,1-2H3,(H,16,18)(H,17,19)/t11-/m0/s1. The van der Waals surface area contributed by atoms with Gasteiger partial charge in [-0.25, -0.2) is 0 Å². The minimum Gasteiger partial charge on any atom is -0.481 e. The third-order valence-electron chi connectivity index (χ3n) is 2.75. The van der Waals surface area contributed by atoms with Crippen molar-refractivity contribution in [2.45, 2.75) is 20.0 Å². The van der Waals surface area contributed by atoms with Gasteiger partial charge in [-0.15, -0.1) is 11.3 Å². The number of hydrogen-bond donors (Lipinski definition) is 2. The summed E-state index contributed by atoms with van der Waals surface area (Å²) < 4.78 is 5.49. The van der Waals surface area contributed by atoms with Crippen LogP contribution in [0.3, 0.4) is 0 Å². The van der Waals surface area contributed by atoms with Crippen LogP contribution in [0, 0.1) is 6.92 Å². The molecule has 5 nitrogen and oxygen atoms in total. The third-order valence-corrected chi connectivity index (χ3v) is 3.62. The molecule has 0 spiro atoms. The zero-order valence-electron chi connectivity index (χ0n) is 11.8. The number of benzene rings is 1. The van der Waals surface area contributed by atoms with Crippen molar-refractivity contribution in [3.63, 3.8) is 0 Å². The van der Waals surface area contributed by atoms with Crippen molar-refractivity contribution in [2.24, 2.45) is 0 Å². The van der Waals surface area contributed by atoms with Gasteiger partial charge in [0.15, 0.2) is 6.10 Å². The molecule has 2 rings (SSSR count). The van der Waals surface area contributed by atoms with Gasteiger partial charge in [0, 0.05) is 0 Å². The van der Waals surface area contributed by atoms with Gasteiger partial charge in [-0.05, 0) is 37.4 Å². The summed E-state index contributed by atoms with van der Waals surface area (Å²) in [5, 5.41) is 1.79. The van der Waals surface area contributed by atoms with Crippen LogP contribution >= 0.6 is 11.3 Å². The second-order valence-electron chi connectivity index (χ2n) is 4.49. The molecule has 2 amide bonds. The van der Waals surface area contributed by atoms with Crippen LogP contribution in [-0.4, -0.2) is 17.9 Å². The predicted molar refractivity (Wildman–Crippen MR) is 81.2 cm³/mol. The molecule has 0 aliphatic rings. The number of nitrogens with one attached hydrogen (secondary N) is 2. The first-order valence-corrected chi connectivity index (χ1v) is 7.31. The van der Waals surface area contributed by atoms with E-state index in [4.69, 9.17) is 4.74 Å². The first-order chi connectivity index (χ1) is 10.1. The average molecular weight is 304 g/mol. The second kappa shape index (κ2) is 6.90. The molecule has 1 heterocycles. The highest BCUT2D eigenvalue weighted by Crippen LogP contribution is 2.13. The third kappa shape index (κ3) is 4.32. The quantitative estimate of drug-likeness (QED) is 0.852. The normalized spacial score (nSPS) is 11.5. The van der Waals surface area contributed by atoms with Crippen LogP contribution in [-0.2, 0) is 4.79 Å². The van der Waals surface area contributed by atoms with Gasteiger partial charge in [-0.2, -0.15) is 0 Å². The second-order valence-corrected chi connectivity index (χ2v) is 5.44. The van der Waals surface area contributed by atoms with Crippen molar-refractivity contribution in [3.8, 4) is 5.75 Å². The molecule has 0 unspecified atom stereocenters. The van der Waals surface area contributed by atoms with E-state index in [1.807, 2.05) is 19.1 Å². The molecule has 1 aromatic heterocycles. The van der Waals surface area contributed by atoms with Gasteiger partial charge in [-0.3, -0.25) is 20.4 Å². The van der Waals surface area contributed by atoms with E-state index in [1.54, 1.807) is 36.6 Å². The molecule has 21 heavy (non-hydrogen) atoms. The van der Waals surface area contributed by atoms with Gasteiger partial charge < -0.3 is 4.74 Å². The molecule has 0 aliphatic carbocycles. The number of hydrazine groups is 1. The molecule has 1 atom stereocenters. The van der Waals surface area contributed by atoms with Crippen molar-refractivity contribution in [1.29, 1.82) is 0 Å². The first-order valence-electron chi connectivity index (χ1n) is 6.43. The molecular weight excluding hydrogens is 288 g/mol. The van der Waals surface area contributed by atoms with Gasteiger partial charge in [0.2, 0.25) is 0 Å². The maximum atomic E-state index is 11.8. The summed E-state index contributed by atoms with van der Waals surface area (Å²) in [4.78, 5) is 24.0. The molecule has 6 heteroatoms. The van der Waals surface area contributed by atoms with Gasteiger partial charge in [0.25, 0.3) is 11.8 Å². The van der Waals surface area contributed by atoms with Crippen LogP contribution in [0.2, 0.25) is 0 Å². The number of rotatable bonds is 4. The molecule has 2 N–H and O–H groups in total. The summed E-state index contributed by atoms with van der Waals surface area (Å²) >= 11 is 1.30. The molecule has 110 valence electrons. The smallest absolute Gasteiger partial charge is 0.279 e. The van der Waals surface area contributed by atoms with Crippen molar-refractivity contribution >= 4 is 23.2 Å². The van der Waals surface area contributed by atoms with E-state index in [0.717, 1.165) is 5.56 Å². The van der Waals surface area contributed by atoms with Crippen LogP contribution in [0.15, 0.2) is 41.8 Å². The number of hydrogen-bond acceptors (Lipinski definition) is 4. The minimum absolute atomic E-state index is 0.346. The zero-order chi connectivity index (χ0) is 15.2. The number of carbonyl (C=O) groups is 2. The van der Waals surface area contributed by atoms with E-state index in [1.165, 1.54) is 11.3 Å². The predicted octanol–water partition coefficient (Wildman–Crippen LogP) is 2.29. The number of carbonyl (C=O) groups excluding carboxylic acids is 2. The summed E-state index contributed by atoms with van der Waals surface area (Å²) in [5.41, 5.74) is 5.81. The fourth-order valence-electron chi connectivity index (χ4n) is 1.56. The van der Waals surface area contributed by atoms with Crippen molar-refractivity contribution in [2.75, 3.05) is 0 Å². The molecule has 2 aromatic rings. The maximum absolute atomic E-state index is 11.8. The van der Waals surface area contributed by atoms with Gasteiger partial charge >= 0.3 is 0 Å². The molecule has 0 aliphatic heterocycles. The van der Waals surface area contributed by atoms with Gasteiger partial charge in [0.05, 0.1) is 4.88 Å². The number of amides is 2. The number of aryl methyl sites for hydroxylation is 1. The zero-order valence-corrected chi connectivity index (χ0v) is 12.6. The summed E-state index contributed by atoms with van der Waals surface area (Å²) in [6, 6.07) is 10.8. The summed E-state index contributed by atoms with van der Waals surface area (Å²) in [6.07, 6.45) is -0.712. The Morgan fingerprint density at radius 1 is 1.14 bits per heavy atom. The Labute approximate surface area is 126 Å². The average Bonchev–Trinajstić information content (AvgIpc) is 3.01. The van der Waals surface area contributed by atoms with Gasteiger partial charge in [-0.1, -0.05) is 23.8 Å². The molecule has 0 saturated heterocycles. The Balaban J connectivity index is 1.82. The van der Waals surface area contributed by atoms with E-state index in [-0.39, 0.29) is 5.91 Å². The Morgan fingerprint density at radius 2 is 1.86 bits per heavy atom. The molecular formula is C15H16N2O3S. The van der Waals surface area contributed by atoms with Crippen LogP contribution in [0.5, 0.6) is 5.75 Å². The van der Waals surface area contributed by atoms with E-state index in [9.17, 15) is 9.59 Å². The van der Waals surface area contributed by atoms with Gasteiger partial charge in [0.1, 0.15) is 5.75 Å². The highest BCUT2D eigenvalue weighted by atomic mass is 32.1. The lowest BCUT2D eigenvalue weighted by atomic mass is 10.2. The monoisotopic (exact) mass is 304 g/mol. The van der Waals surface area contributed by atoms with Crippen LogP contribution < -0.4 is 15.6 Å². The largest absolute Gasteiger partial charge is 0.481 e. The molecule has 1 aromatic carbocycles. The maximum Gasteiger partial charge on any atom is 0.279 e. The summed E-state index contributed by atoms with van der Waals surface area (Å²) in [6.45, 7) is 3.59. The lowest BCUT2D eigenvalue weighted by Crippen LogP contribution is -2.47. The number of thiophene rings is 1. The Kier molecular flexibility index (Phi) is 4.94. The molecule has 0 radical (unpaired) electrons. The lowest BCUT2D eigenvalue weighted by molar-refractivity contribution is -0.128. The topological polar surface area (TPSA) is 67.4 Å². The highest BCUT2D eigenvalue weighted by molar-refractivity contribution is 7.12. The van der Waals surface area contributed by atoms with E-state index in [2.05, 4.69) is 10.9 Å². The van der Waals surface area contributed by atoms with Crippen molar-refractivity contribution < 1.29 is 14.3 Å². The van der Waals surface area contributed by atoms with Crippen LogP contribution in [0.4, 0.5) is 0 Å². The lowest BCUT2D eigenvalue weighted by Gasteiger charge is -2.15.